The molecule has 2 rings (SSSR count). The van der Waals surface area contributed by atoms with E-state index in [1.165, 1.54) is 11.5 Å². The lowest BCUT2D eigenvalue weighted by atomic mass is 10.0. The molecule has 19 heavy (non-hydrogen) atoms. The van der Waals surface area contributed by atoms with E-state index in [1.54, 1.807) is 5.38 Å². The number of ether oxygens (including phenoxy) is 1. The van der Waals surface area contributed by atoms with Crippen LogP contribution in [0.3, 0.4) is 0 Å². The molecule has 1 saturated heterocycles. The van der Waals surface area contributed by atoms with Gasteiger partial charge in [-0.3, -0.25) is 9.69 Å². The molecular weight excluding hydrogens is 264 g/mol. The second-order valence-corrected chi connectivity index (χ2v) is 5.57. The highest BCUT2D eigenvalue weighted by Crippen LogP contribution is 2.12. The van der Waals surface area contributed by atoms with Crippen LogP contribution >= 0.6 is 11.5 Å². The molecule has 0 radical (unpaired) electrons. The molecular formula is C12H20N4O2S. The van der Waals surface area contributed by atoms with Gasteiger partial charge in [-0.1, -0.05) is 18.3 Å². The predicted molar refractivity (Wildman–Crippen MR) is 73.3 cm³/mol. The molecule has 1 aliphatic rings. The maximum atomic E-state index is 11.9. The van der Waals surface area contributed by atoms with Crippen LogP contribution in [0.1, 0.15) is 24.3 Å². The van der Waals surface area contributed by atoms with Crippen LogP contribution < -0.4 is 5.32 Å². The van der Waals surface area contributed by atoms with Gasteiger partial charge in [0.1, 0.15) is 0 Å². The van der Waals surface area contributed by atoms with Gasteiger partial charge < -0.3 is 10.1 Å². The zero-order valence-corrected chi connectivity index (χ0v) is 12.2. The van der Waals surface area contributed by atoms with Gasteiger partial charge in [-0.15, -0.1) is 5.10 Å². The van der Waals surface area contributed by atoms with Crippen molar-refractivity contribution < 1.29 is 9.53 Å². The first-order valence-corrected chi connectivity index (χ1v) is 7.39. The Hall–Kier alpha value is -1.05. The van der Waals surface area contributed by atoms with Crippen molar-refractivity contribution in [3.05, 3.63) is 11.1 Å². The Morgan fingerprint density at radius 2 is 2.26 bits per heavy atom. The lowest BCUT2D eigenvalue weighted by Crippen LogP contribution is -2.51. The summed E-state index contributed by atoms with van der Waals surface area (Å²) in [6.07, 6.45) is 0. The standard InChI is InChI=1S/C12H20N4O2S/c1-9(2)11(16-3-5-18-6-4-16)7-13-12(17)10-8-19-15-14-10/h8-9,11H,3-7H2,1-2H3,(H,13,17). The van der Waals surface area contributed by atoms with E-state index in [9.17, 15) is 4.79 Å². The van der Waals surface area contributed by atoms with Gasteiger partial charge in [0.2, 0.25) is 0 Å². The third-order valence-electron chi connectivity index (χ3n) is 3.35. The Bertz CT molecular complexity index is 390. The minimum absolute atomic E-state index is 0.146. The normalized spacial score (nSPS) is 18.5. The van der Waals surface area contributed by atoms with Gasteiger partial charge in [-0.05, 0) is 17.5 Å². The monoisotopic (exact) mass is 284 g/mol. The van der Waals surface area contributed by atoms with E-state index in [4.69, 9.17) is 4.74 Å². The minimum Gasteiger partial charge on any atom is -0.379 e. The molecule has 1 atom stereocenters. The molecule has 1 aromatic heterocycles. The number of hydrogen-bond acceptors (Lipinski definition) is 6. The number of nitrogens with one attached hydrogen (secondary N) is 1. The lowest BCUT2D eigenvalue weighted by molar-refractivity contribution is 0.00671. The zero-order chi connectivity index (χ0) is 13.7. The maximum Gasteiger partial charge on any atom is 0.272 e. The summed E-state index contributed by atoms with van der Waals surface area (Å²) in [4.78, 5) is 14.2. The SMILES string of the molecule is CC(C)C(CNC(=O)c1csnn1)N1CCOCC1. The first-order valence-electron chi connectivity index (χ1n) is 6.55. The molecule has 0 aromatic carbocycles. The van der Waals surface area contributed by atoms with Crippen LogP contribution in [0.25, 0.3) is 0 Å². The number of rotatable bonds is 5. The highest BCUT2D eigenvalue weighted by molar-refractivity contribution is 7.03. The Morgan fingerprint density at radius 3 is 2.84 bits per heavy atom. The molecule has 1 amide bonds. The second-order valence-electron chi connectivity index (χ2n) is 4.96. The summed E-state index contributed by atoms with van der Waals surface area (Å²) >= 11 is 1.19. The van der Waals surface area contributed by atoms with E-state index >= 15 is 0 Å². The van der Waals surface area contributed by atoms with Crippen molar-refractivity contribution in [3.63, 3.8) is 0 Å². The maximum absolute atomic E-state index is 11.9. The topological polar surface area (TPSA) is 67.4 Å². The molecule has 0 aliphatic carbocycles. The number of carbonyl (C=O) groups excluding carboxylic acids is 1. The summed E-state index contributed by atoms with van der Waals surface area (Å²) in [5.41, 5.74) is 0.398. The molecule has 106 valence electrons. The van der Waals surface area contributed by atoms with E-state index in [1.807, 2.05) is 0 Å². The Balaban J connectivity index is 1.88. The van der Waals surface area contributed by atoms with Crippen molar-refractivity contribution in [2.75, 3.05) is 32.8 Å². The molecule has 7 heteroatoms. The molecule has 1 N–H and O–H groups in total. The molecule has 1 aromatic rings. The van der Waals surface area contributed by atoms with Crippen LogP contribution in [0, 0.1) is 5.92 Å². The number of carbonyl (C=O) groups is 1. The molecule has 6 nitrogen and oxygen atoms in total. The number of amides is 1. The third kappa shape index (κ3) is 3.95. The van der Waals surface area contributed by atoms with E-state index in [2.05, 4.69) is 33.7 Å². The van der Waals surface area contributed by atoms with Gasteiger partial charge in [0.15, 0.2) is 5.69 Å². The highest BCUT2D eigenvalue weighted by atomic mass is 32.1. The fraction of sp³-hybridized carbons (Fsp3) is 0.750. The zero-order valence-electron chi connectivity index (χ0n) is 11.3. The average molecular weight is 284 g/mol. The first kappa shape index (κ1) is 14.4. The van der Waals surface area contributed by atoms with Crippen LogP contribution in [-0.2, 0) is 4.74 Å². The van der Waals surface area contributed by atoms with E-state index in [-0.39, 0.29) is 5.91 Å². The van der Waals surface area contributed by atoms with Crippen molar-refractivity contribution >= 4 is 17.4 Å². The fourth-order valence-electron chi connectivity index (χ4n) is 2.25. The molecule has 2 heterocycles. The molecule has 1 fully saturated rings. The summed E-state index contributed by atoms with van der Waals surface area (Å²) in [6, 6.07) is 0.333. The minimum atomic E-state index is -0.146. The number of morpholine rings is 1. The van der Waals surface area contributed by atoms with Crippen LogP contribution in [0.4, 0.5) is 0 Å². The van der Waals surface area contributed by atoms with Gasteiger partial charge in [-0.25, -0.2) is 0 Å². The average Bonchev–Trinajstić information content (AvgIpc) is 2.93. The van der Waals surface area contributed by atoms with Gasteiger partial charge in [0.25, 0.3) is 5.91 Å². The molecule has 0 bridgehead atoms. The van der Waals surface area contributed by atoms with Crippen molar-refractivity contribution in [3.8, 4) is 0 Å². The molecule has 1 unspecified atom stereocenters. The van der Waals surface area contributed by atoms with Crippen molar-refractivity contribution in [1.82, 2.24) is 19.8 Å². The second kappa shape index (κ2) is 6.93. The van der Waals surface area contributed by atoms with Gasteiger partial charge in [-0.2, -0.15) is 0 Å². The number of nitrogens with zero attached hydrogens (tertiary/aromatic N) is 3. The Labute approximate surface area is 117 Å². The third-order valence-corrected chi connectivity index (χ3v) is 3.85. The van der Waals surface area contributed by atoms with Crippen LogP contribution in [0.15, 0.2) is 5.38 Å². The van der Waals surface area contributed by atoms with Crippen LogP contribution in [-0.4, -0.2) is 59.3 Å². The van der Waals surface area contributed by atoms with Crippen molar-refractivity contribution in [2.24, 2.45) is 5.92 Å². The van der Waals surface area contributed by atoms with Crippen molar-refractivity contribution in [1.29, 1.82) is 0 Å². The fourth-order valence-corrected chi connectivity index (χ4v) is 2.68. The predicted octanol–water partition coefficient (Wildman–Crippen LogP) is 0.625. The van der Waals surface area contributed by atoms with Crippen LogP contribution in [0.2, 0.25) is 0 Å². The summed E-state index contributed by atoms with van der Waals surface area (Å²) in [5.74, 6) is 0.333. The Morgan fingerprint density at radius 1 is 1.53 bits per heavy atom. The van der Waals surface area contributed by atoms with Gasteiger partial charge >= 0.3 is 0 Å². The molecule has 0 saturated carbocycles. The van der Waals surface area contributed by atoms with Gasteiger partial charge in [0.05, 0.1) is 13.2 Å². The summed E-state index contributed by atoms with van der Waals surface area (Å²) < 4.78 is 9.07. The van der Waals surface area contributed by atoms with Crippen LogP contribution in [0.5, 0.6) is 0 Å². The summed E-state index contributed by atoms with van der Waals surface area (Å²) in [5, 5.41) is 8.38. The molecule has 1 aliphatic heterocycles. The highest BCUT2D eigenvalue weighted by Gasteiger charge is 2.24. The van der Waals surface area contributed by atoms with E-state index < -0.39 is 0 Å². The van der Waals surface area contributed by atoms with Crippen molar-refractivity contribution in [2.45, 2.75) is 19.9 Å². The summed E-state index contributed by atoms with van der Waals surface area (Å²) in [6.45, 7) is 8.38. The first-order chi connectivity index (χ1) is 9.18. The largest absolute Gasteiger partial charge is 0.379 e. The quantitative estimate of drug-likeness (QED) is 0.859. The summed E-state index contributed by atoms with van der Waals surface area (Å²) in [7, 11) is 0. The number of aromatic nitrogens is 2. The van der Waals surface area contributed by atoms with E-state index in [0.29, 0.717) is 24.2 Å². The lowest BCUT2D eigenvalue weighted by Gasteiger charge is -2.36. The molecule has 0 spiro atoms. The smallest absolute Gasteiger partial charge is 0.272 e. The van der Waals surface area contributed by atoms with E-state index in [0.717, 1.165) is 26.3 Å². The Kier molecular flexibility index (Phi) is 5.24. The number of hydrogen-bond donors (Lipinski definition) is 1. The van der Waals surface area contributed by atoms with Gasteiger partial charge in [0, 0.05) is 31.1 Å².